The summed E-state index contributed by atoms with van der Waals surface area (Å²) in [5.74, 6) is 1.31. The number of fused-ring (bicyclic) bond motifs is 1. The third kappa shape index (κ3) is 3.80. The molecule has 1 amide bonds. The summed E-state index contributed by atoms with van der Waals surface area (Å²) in [4.78, 5) is 13.6. The minimum atomic E-state index is -0.203. The smallest absolute Gasteiger partial charge is 0.282 e. The number of ether oxygens (including phenoxy) is 2. The molecule has 6 heteroatoms. The Bertz CT molecular complexity index is 734. The van der Waals surface area contributed by atoms with Crippen LogP contribution in [0.15, 0.2) is 42.5 Å². The molecule has 0 fully saturated rings. The molecule has 0 bridgehead atoms. The molecule has 0 radical (unpaired) electrons. The van der Waals surface area contributed by atoms with Gasteiger partial charge in [-0.2, -0.15) is 0 Å². The molecule has 1 heterocycles. The maximum Gasteiger partial charge on any atom is 0.282 e. The molecule has 0 saturated heterocycles. The Hall–Kier alpha value is -2.24. The molecule has 2 N–H and O–H groups in total. The molecule has 1 aliphatic rings. The highest BCUT2D eigenvalue weighted by Gasteiger charge is 2.23. The zero-order chi connectivity index (χ0) is 17.1. The molecule has 0 saturated carbocycles. The van der Waals surface area contributed by atoms with Gasteiger partial charge in [-0.05, 0) is 31.2 Å². The van der Waals surface area contributed by atoms with Crippen molar-refractivity contribution in [3.05, 3.63) is 53.1 Å². The highest BCUT2D eigenvalue weighted by Crippen LogP contribution is 2.34. The third-order valence-electron chi connectivity index (χ3n) is 4.17. The van der Waals surface area contributed by atoms with Gasteiger partial charge < -0.3 is 19.7 Å². The number of amides is 1. The Morgan fingerprint density at radius 3 is 2.67 bits per heavy atom. The molecule has 5 nitrogen and oxygen atoms in total. The molecule has 0 aromatic heterocycles. The topological polar surface area (TPSA) is 52.0 Å². The number of hydrogen-bond acceptors (Lipinski definition) is 3. The van der Waals surface area contributed by atoms with Crippen molar-refractivity contribution in [1.82, 2.24) is 0 Å². The van der Waals surface area contributed by atoms with Gasteiger partial charge in [0.25, 0.3) is 5.91 Å². The highest BCUT2D eigenvalue weighted by molar-refractivity contribution is 6.30. The first kappa shape index (κ1) is 16.6. The van der Waals surface area contributed by atoms with Gasteiger partial charge in [0.05, 0.1) is 7.05 Å². The van der Waals surface area contributed by atoms with Gasteiger partial charge in [-0.15, -0.1) is 0 Å². The van der Waals surface area contributed by atoms with E-state index >= 15 is 0 Å². The van der Waals surface area contributed by atoms with Gasteiger partial charge in [0.1, 0.15) is 6.54 Å². The number of likely N-dealkylation sites (N-methyl/N-ethyl adjacent to an activating group) is 1. The van der Waals surface area contributed by atoms with Crippen LogP contribution in [0.3, 0.4) is 0 Å². The minimum Gasteiger partial charge on any atom is -0.454 e. The fraction of sp³-hybridized carbons (Fsp3) is 0.278. The van der Waals surface area contributed by atoms with E-state index in [0.717, 1.165) is 17.0 Å². The SMILES string of the molecule is C[C@H](C(=O)Nc1ccc2c(c1)OCO2)[NH+](C)Cc1ccc(Cl)cc1. The number of nitrogens with one attached hydrogen (secondary N) is 2. The van der Waals surface area contributed by atoms with E-state index in [2.05, 4.69) is 5.32 Å². The van der Waals surface area contributed by atoms with Gasteiger partial charge in [0.15, 0.2) is 17.5 Å². The molecular weight excluding hydrogens is 328 g/mol. The van der Waals surface area contributed by atoms with Crippen molar-refractivity contribution in [2.75, 3.05) is 19.2 Å². The molecular formula is C18H20ClN2O3+. The van der Waals surface area contributed by atoms with Crippen LogP contribution in [-0.4, -0.2) is 25.8 Å². The van der Waals surface area contributed by atoms with Crippen LogP contribution in [0, 0.1) is 0 Å². The van der Waals surface area contributed by atoms with Gasteiger partial charge in [0.2, 0.25) is 6.79 Å². The number of benzene rings is 2. The number of anilines is 1. The summed E-state index contributed by atoms with van der Waals surface area (Å²) in [6.07, 6.45) is 0. The van der Waals surface area contributed by atoms with Gasteiger partial charge in [-0.1, -0.05) is 23.7 Å². The Labute approximate surface area is 146 Å². The van der Waals surface area contributed by atoms with Crippen LogP contribution in [-0.2, 0) is 11.3 Å². The quantitative estimate of drug-likeness (QED) is 0.871. The Morgan fingerprint density at radius 1 is 1.21 bits per heavy atom. The Balaban J connectivity index is 1.60. The lowest BCUT2D eigenvalue weighted by Gasteiger charge is -2.21. The first-order valence-corrected chi connectivity index (χ1v) is 8.18. The average Bonchev–Trinajstić information content (AvgIpc) is 3.03. The van der Waals surface area contributed by atoms with E-state index in [0.29, 0.717) is 22.2 Å². The maximum absolute atomic E-state index is 12.5. The van der Waals surface area contributed by atoms with E-state index in [9.17, 15) is 4.79 Å². The number of carbonyl (C=O) groups is 1. The molecule has 126 valence electrons. The first-order valence-electron chi connectivity index (χ1n) is 7.80. The lowest BCUT2D eigenvalue weighted by atomic mass is 10.2. The van der Waals surface area contributed by atoms with Crippen LogP contribution in [0.25, 0.3) is 0 Å². The maximum atomic E-state index is 12.5. The Kier molecular flexibility index (Phi) is 4.92. The summed E-state index contributed by atoms with van der Waals surface area (Å²) in [5, 5.41) is 3.64. The highest BCUT2D eigenvalue weighted by atomic mass is 35.5. The summed E-state index contributed by atoms with van der Waals surface area (Å²) in [5.41, 5.74) is 1.84. The van der Waals surface area contributed by atoms with Crippen LogP contribution in [0.1, 0.15) is 12.5 Å². The van der Waals surface area contributed by atoms with Gasteiger partial charge >= 0.3 is 0 Å². The first-order chi connectivity index (χ1) is 11.5. The fourth-order valence-electron chi connectivity index (χ4n) is 2.53. The number of rotatable bonds is 5. The van der Waals surface area contributed by atoms with Crippen LogP contribution in [0.5, 0.6) is 11.5 Å². The van der Waals surface area contributed by atoms with Gasteiger partial charge in [-0.25, -0.2) is 0 Å². The average molecular weight is 348 g/mol. The molecule has 3 rings (SSSR count). The predicted molar refractivity (Wildman–Crippen MR) is 92.7 cm³/mol. The van der Waals surface area contributed by atoms with Gasteiger partial charge in [-0.3, -0.25) is 4.79 Å². The minimum absolute atomic E-state index is 0.0414. The normalized spacial score (nSPS) is 15.0. The molecule has 0 spiro atoms. The zero-order valence-corrected chi connectivity index (χ0v) is 14.4. The van der Waals surface area contributed by atoms with E-state index in [-0.39, 0.29) is 18.7 Å². The van der Waals surface area contributed by atoms with Crippen molar-refractivity contribution in [3.63, 3.8) is 0 Å². The van der Waals surface area contributed by atoms with E-state index in [1.165, 1.54) is 0 Å². The molecule has 1 aliphatic heterocycles. The van der Waals surface area contributed by atoms with Crippen LogP contribution < -0.4 is 19.7 Å². The number of carbonyl (C=O) groups excluding carboxylic acids is 1. The van der Waals surface area contributed by atoms with E-state index in [4.69, 9.17) is 21.1 Å². The van der Waals surface area contributed by atoms with E-state index < -0.39 is 0 Å². The van der Waals surface area contributed by atoms with Crippen LogP contribution in [0.2, 0.25) is 5.02 Å². The molecule has 1 unspecified atom stereocenters. The Morgan fingerprint density at radius 2 is 1.92 bits per heavy atom. The molecule has 2 aromatic carbocycles. The second-order valence-electron chi connectivity index (χ2n) is 5.93. The van der Waals surface area contributed by atoms with E-state index in [1.807, 2.05) is 44.3 Å². The number of hydrogen-bond donors (Lipinski definition) is 2. The lowest BCUT2D eigenvalue weighted by Crippen LogP contribution is -3.12. The van der Waals surface area contributed by atoms with Crippen molar-refractivity contribution in [1.29, 1.82) is 0 Å². The molecule has 2 aromatic rings. The van der Waals surface area contributed by atoms with Crippen molar-refractivity contribution >= 4 is 23.2 Å². The summed E-state index contributed by atoms with van der Waals surface area (Å²) >= 11 is 5.90. The van der Waals surface area contributed by atoms with Crippen LogP contribution >= 0.6 is 11.6 Å². The molecule has 0 aliphatic carbocycles. The van der Waals surface area contributed by atoms with Crippen molar-refractivity contribution in [2.45, 2.75) is 19.5 Å². The molecule has 24 heavy (non-hydrogen) atoms. The summed E-state index contributed by atoms with van der Waals surface area (Å²) in [6, 6.07) is 12.9. The van der Waals surface area contributed by atoms with E-state index in [1.54, 1.807) is 12.1 Å². The lowest BCUT2D eigenvalue weighted by molar-refractivity contribution is -0.907. The van der Waals surface area contributed by atoms with Crippen molar-refractivity contribution in [2.24, 2.45) is 0 Å². The second-order valence-corrected chi connectivity index (χ2v) is 6.37. The van der Waals surface area contributed by atoms with Crippen molar-refractivity contribution < 1.29 is 19.2 Å². The second kappa shape index (κ2) is 7.11. The van der Waals surface area contributed by atoms with Crippen molar-refractivity contribution in [3.8, 4) is 11.5 Å². The summed E-state index contributed by atoms with van der Waals surface area (Å²) < 4.78 is 10.6. The largest absolute Gasteiger partial charge is 0.454 e. The van der Waals surface area contributed by atoms with Gasteiger partial charge in [0, 0.05) is 22.3 Å². The summed E-state index contributed by atoms with van der Waals surface area (Å²) in [7, 11) is 2.00. The zero-order valence-electron chi connectivity index (χ0n) is 13.6. The third-order valence-corrected chi connectivity index (χ3v) is 4.42. The molecule has 2 atom stereocenters. The predicted octanol–water partition coefficient (Wildman–Crippen LogP) is 2.11. The number of quaternary nitrogens is 1. The van der Waals surface area contributed by atoms with Crippen LogP contribution in [0.4, 0.5) is 5.69 Å². The standard InChI is InChI=1S/C18H19ClN2O3/c1-12(21(2)10-13-3-5-14(19)6-4-13)18(22)20-15-7-8-16-17(9-15)24-11-23-16/h3-9,12H,10-11H2,1-2H3,(H,20,22)/p+1/t12-/m1/s1. The monoisotopic (exact) mass is 347 g/mol. The number of halogens is 1. The fourth-order valence-corrected chi connectivity index (χ4v) is 2.65. The summed E-state index contributed by atoms with van der Waals surface area (Å²) in [6.45, 7) is 2.87.